The third-order valence-electron chi connectivity index (χ3n) is 5.77. The first-order valence-electron chi connectivity index (χ1n) is 11.8. The number of rotatable bonds is 10. The van der Waals surface area contributed by atoms with E-state index < -0.39 is 0 Å². The van der Waals surface area contributed by atoms with Crippen molar-refractivity contribution in [3.8, 4) is 0 Å². The molecule has 0 spiro atoms. The largest absolute Gasteiger partial charge is 0.352 e. The molecule has 0 bridgehead atoms. The van der Waals surface area contributed by atoms with Crippen LogP contribution < -0.4 is 10.9 Å². The third kappa shape index (κ3) is 6.08. The van der Waals surface area contributed by atoms with Crippen LogP contribution in [0.15, 0.2) is 89.3 Å². The van der Waals surface area contributed by atoms with Gasteiger partial charge < -0.3 is 5.32 Å². The Morgan fingerprint density at radius 2 is 1.83 bits per heavy atom. The maximum atomic E-state index is 13.5. The Labute approximate surface area is 209 Å². The molecular formula is C29H29N3O2S. The number of nitrogens with zero attached hydrogens (tertiary/aromatic N) is 2. The van der Waals surface area contributed by atoms with Gasteiger partial charge in [-0.25, -0.2) is 4.98 Å². The Kier molecular flexibility index (Phi) is 8.16. The second-order valence-corrected chi connectivity index (χ2v) is 9.25. The van der Waals surface area contributed by atoms with Gasteiger partial charge in [-0.2, -0.15) is 0 Å². The number of hydrogen-bond donors (Lipinski definition) is 1. The first-order chi connectivity index (χ1) is 17.1. The van der Waals surface area contributed by atoms with Crippen LogP contribution in [0.5, 0.6) is 0 Å². The molecule has 4 aromatic rings. The van der Waals surface area contributed by atoms with Crippen molar-refractivity contribution in [3.05, 3.63) is 112 Å². The van der Waals surface area contributed by atoms with E-state index in [1.807, 2.05) is 43.3 Å². The van der Waals surface area contributed by atoms with Crippen LogP contribution in [0.1, 0.15) is 40.4 Å². The lowest BCUT2D eigenvalue weighted by molar-refractivity contribution is 0.0954. The molecular weight excluding hydrogens is 454 g/mol. The second kappa shape index (κ2) is 11.7. The Bertz CT molecular complexity index is 1380. The summed E-state index contributed by atoms with van der Waals surface area (Å²) in [6.07, 6.45) is 3.41. The molecule has 1 aromatic heterocycles. The summed E-state index contributed by atoms with van der Waals surface area (Å²) < 4.78 is 1.76. The second-order valence-electron chi connectivity index (χ2n) is 8.31. The highest BCUT2D eigenvalue weighted by Gasteiger charge is 2.14. The van der Waals surface area contributed by atoms with Gasteiger partial charge in [0, 0.05) is 24.4 Å². The van der Waals surface area contributed by atoms with Crippen LogP contribution in [0.3, 0.4) is 0 Å². The molecule has 1 N–H and O–H groups in total. The van der Waals surface area contributed by atoms with E-state index in [0.717, 1.165) is 24.0 Å². The van der Waals surface area contributed by atoms with E-state index in [9.17, 15) is 9.59 Å². The van der Waals surface area contributed by atoms with Gasteiger partial charge in [0.05, 0.1) is 10.9 Å². The van der Waals surface area contributed by atoms with E-state index in [1.54, 1.807) is 22.8 Å². The zero-order valence-electron chi connectivity index (χ0n) is 19.9. The van der Waals surface area contributed by atoms with Crippen LogP contribution in [0.2, 0.25) is 0 Å². The van der Waals surface area contributed by atoms with Gasteiger partial charge in [0.2, 0.25) is 0 Å². The van der Waals surface area contributed by atoms with Crippen molar-refractivity contribution in [3.63, 3.8) is 0 Å². The highest BCUT2D eigenvalue weighted by Crippen LogP contribution is 2.23. The van der Waals surface area contributed by atoms with Gasteiger partial charge in [0.1, 0.15) is 0 Å². The van der Waals surface area contributed by atoms with Crippen LogP contribution in [0.25, 0.3) is 17.0 Å². The molecule has 4 rings (SSSR count). The van der Waals surface area contributed by atoms with Gasteiger partial charge in [0.15, 0.2) is 5.16 Å². The van der Waals surface area contributed by atoms with E-state index >= 15 is 0 Å². The molecule has 0 aliphatic heterocycles. The lowest BCUT2D eigenvalue weighted by Gasteiger charge is -2.14. The van der Waals surface area contributed by atoms with Crippen molar-refractivity contribution in [2.45, 2.75) is 37.2 Å². The molecule has 1 amide bonds. The lowest BCUT2D eigenvalue weighted by atomic mass is 10.1. The average Bonchev–Trinajstić information content (AvgIpc) is 2.90. The van der Waals surface area contributed by atoms with Crippen LogP contribution in [-0.4, -0.2) is 22.0 Å². The van der Waals surface area contributed by atoms with Crippen LogP contribution in [-0.2, 0) is 18.7 Å². The number of nitrogens with one attached hydrogen (secondary N) is 1. The van der Waals surface area contributed by atoms with Crippen molar-refractivity contribution in [2.75, 3.05) is 6.54 Å². The van der Waals surface area contributed by atoms with E-state index in [2.05, 4.69) is 36.2 Å². The minimum atomic E-state index is -0.152. The molecule has 0 atom stereocenters. The Balaban J connectivity index is 1.68. The van der Waals surface area contributed by atoms with E-state index in [-0.39, 0.29) is 11.5 Å². The zero-order chi connectivity index (χ0) is 24.6. The summed E-state index contributed by atoms with van der Waals surface area (Å²) >= 11 is 1.53. The predicted molar refractivity (Wildman–Crippen MR) is 145 cm³/mol. The Morgan fingerprint density at radius 3 is 2.54 bits per heavy atom. The maximum Gasteiger partial charge on any atom is 0.262 e. The number of carbonyl (C=O) groups excluding carboxylic acids is 1. The zero-order valence-corrected chi connectivity index (χ0v) is 20.7. The van der Waals surface area contributed by atoms with Gasteiger partial charge in [-0.3, -0.25) is 14.2 Å². The molecule has 1 heterocycles. The lowest BCUT2D eigenvalue weighted by Crippen LogP contribution is -2.26. The first-order valence-corrected chi connectivity index (χ1v) is 12.8. The van der Waals surface area contributed by atoms with Crippen molar-refractivity contribution >= 4 is 34.6 Å². The molecule has 35 heavy (non-hydrogen) atoms. The summed E-state index contributed by atoms with van der Waals surface area (Å²) in [6.45, 7) is 6.95. The van der Waals surface area contributed by atoms with Crippen LogP contribution >= 0.6 is 11.8 Å². The molecule has 0 radical (unpaired) electrons. The summed E-state index contributed by atoms with van der Waals surface area (Å²) in [4.78, 5) is 30.8. The highest BCUT2D eigenvalue weighted by molar-refractivity contribution is 7.98. The number of fused-ring (bicyclic) bond motifs is 1. The van der Waals surface area contributed by atoms with Crippen LogP contribution in [0.4, 0.5) is 0 Å². The summed E-state index contributed by atoms with van der Waals surface area (Å²) in [5.41, 5.74) is 4.33. The Morgan fingerprint density at radius 1 is 1.06 bits per heavy atom. The van der Waals surface area contributed by atoms with Gasteiger partial charge in [0.25, 0.3) is 11.5 Å². The number of aromatic nitrogens is 2. The fourth-order valence-electron chi connectivity index (χ4n) is 3.77. The summed E-state index contributed by atoms with van der Waals surface area (Å²) in [5, 5.41) is 4.05. The summed E-state index contributed by atoms with van der Waals surface area (Å²) in [5.74, 6) is 0.525. The van der Waals surface area contributed by atoms with Crippen molar-refractivity contribution < 1.29 is 4.79 Å². The molecule has 178 valence electrons. The van der Waals surface area contributed by atoms with E-state index in [1.165, 1.54) is 17.3 Å². The summed E-state index contributed by atoms with van der Waals surface area (Å²) in [6, 6.07) is 23.4. The quantitative estimate of drug-likeness (QED) is 0.232. The molecule has 6 heteroatoms. The molecule has 5 nitrogen and oxygen atoms in total. The van der Waals surface area contributed by atoms with Gasteiger partial charge in [-0.05, 0) is 47.7 Å². The number of thioether (sulfide) groups is 1. The monoisotopic (exact) mass is 483 g/mol. The number of carbonyl (C=O) groups is 1. The molecule has 0 aliphatic carbocycles. The molecule has 0 saturated heterocycles. The van der Waals surface area contributed by atoms with Gasteiger partial charge in [-0.1, -0.05) is 85.9 Å². The molecule has 3 aromatic carbocycles. The predicted octanol–water partition coefficient (Wildman–Crippen LogP) is 5.71. The van der Waals surface area contributed by atoms with Crippen molar-refractivity contribution in [1.82, 2.24) is 14.9 Å². The normalized spacial score (nSPS) is 10.9. The minimum Gasteiger partial charge on any atom is -0.352 e. The SMILES string of the molecule is C=Cc1ccc(CSc2nc3cc(C(=O)NCCC)ccc3c(=O)n2CCc2ccccc2)cc1. The first kappa shape index (κ1) is 24.5. The van der Waals surface area contributed by atoms with E-state index in [0.29, 0.717) is 40.5 Å². The average molecular weight is 484 g/mol. The number of hydrogen-bond acceptors (Lipinski definition) is 4. The fourth-order valence-corrected chi connectivity index (χ4v) is 4.75. The Hall–Kier alpha value is -3.64. The number of amides is 1. The van der Waals surface area contributed by atoms with Gasteiger partial charge >= 0.3 is 0 Å². The fraction of sp³-hybridized carbons (Fsp3) is 0.207. The highest BCUT2D eigenvalue weighted by atomic mass is 32.2. The van der Waals surface area contributed by atoms with Crippen molar-refractivity contribution in [2.24, 2.45) is 0 Å². The molecule has 0 fully saturated rings. The van der Waals surface area contributed by atoms with E-state index in [4.69, 9.17) is 4.98 Å². The van der Waals surface area contributed by atoms with Crippen molar-refractivity contribution in [1.29, 1.82) is 0 Å². The topological polar surface area (TPSA) is 64.0 Å². The summed E-state index contributed by atoms with van der Waals surface area (Å²) in [7, 11) is 0. The van der Waals surface area contributed by atoms with Gasteiger partial charge in [-0.15, -0.1) is 0 Å². The molecule has 0 saturated carbocycles. The van der Waals surface area contributed by atoms with Crippen LogP contribution in [0, 0.1) is 0 Å². The molecule has 0 aliphatic rings. The number of aryl methyl sites for hydroxylation is 1. The minimum absolute atomic E-state index is 0.0871. The number of benzene rings is 3. The smallest absolute Gasteiger partial charge is 0.262 e. The maximum absolute atomic E-state index is 13.5. The standard InChI is InChI=1S/C29H29N3O2S/c1-3-17-30-27(33)24-14-15-25-26(19-24)31-29(35-20-23-12-10-21(4-2)11-13-23)32(28(25)34)18-16-22-8-6-5-7-9-22/h4-15,19H,2-3,16-18,20H2,1H3,(H,30,33). The third-order valence-corrected chi connectivity index (χ3v) is 6.82. The molecule has 0 unspecified atom stereocenters.